The zero-order valence-corrected chi connectivity index (χ0v) is 11.9. The van der Waals surface area contributed by atoms with Gasteiger partial charge in [-0.3, -0.25) is 4.79 Å². The van der Waals surface area contributed by atoms with Crippen molar-refractivity contribution in [3.05, 3.63) is 35.2 Å². The van der Waals surface area contributed by atoms with Gasteiger partial charge in [0.2, 0.25) is 0 Å². The van der Waals surface area contributed by atoms with E-state index in [0.717, 1.165) is 18.4 Å². The minimum absolute atomic E-state index is 0.195. The molecule has 0 amide bonds. The minimum atomic E-state index is -0.921. The molecule has 1 aromatic heterocycles. The lowest BCUT2D eigenvalue weighted by Gasteiger charge is -2.29. The fourth-order valence-electron chi connectivity index (χ4n) is 2.18. The van der Waals surface area contributed by atoms with Gasteiger partial charge < -0.3 is 10.1 Å². The van der Waals surface area contributed by atoms with Crippen LogP contribution in [0.25, 0.3) is 0 Å². The molecule has 0 spiro atoms. The summed E-state index contributed by atoms with van der Waals surface area (Å²) in [6.07, 6.45) is 3.37. The molecule has 19 heavy (non-hydrogen) atoms. The summed E-state index contributed by atoms with van der Waals surface area (Å²) in [7, 11) is 0. The summed E-state index contributed by atoms with van der Waals surface area (Å²) in [6.45, 7) is 8.31. The van der Waals surface area contributed by atoms with Crippen LogP contribution in [0.3, 0.4) is 0 Å². The Morgan fingerprint density at radius 1 is 1.32 bits per heavy atom. The molecule has 0 aromatic carbocycles. The first-order valence-corrected chi connectivity index (χ1v) is 6.29. The van der Waals surface area contributed by atoms with Crippen molar-refractivity contribution in [1.29, 1.82) is 0 Å². The number of nitrogens with one attached hydrogen (secondary N) is 1. The van der Waals surface area contributed by atoms with E-state index < -0.39 is 5.97 Å². The second-order valence-electron chi connectivity index (χ2n) is 5.74. The highest BCUT2D eigenvalue weighted by molar-refractivity contribution is 5.96. The molecule has 4 heteroatoms. The van der Waals surface area contributed by atoms with E-state index in [2.05, 4.69) is 25.8 Å². The van der Waals surface area contributed by atoms with Gasteiger partial charge in [0.05, 0.1) is 0 Å². The molecule has 2 N–H and O–H groups in total. The van der Waals surface area contributed by atoms with Crippen LogP contribution in [0.15, 0.2) is 29.5 Å². The van der Waals surface area contributed by atoms with Crippen molar-refractivity contribution < 1.29 is 14.7 Å². The van der Waals surface area contributed by atoms with Gasteiger partial charge >= 0.3 is 5.97 Å². The van der Waals surface area contributed by atoms with Crippen LogP contribution >= 0.6 is 0 Å². The number of ketones is 1. The number of aromatic carboxylic acids is 1. The number of allylic oxidation sites excluding steroid dienone is 2. The molecule has 0 aliphatic heterocycles. The number of carbonyl (C=O) groups excluding carboxylic acids is 1. The topological polar surface area (TPSA) is 70.2 Å². The summed E-state index contributed by atoms with van der Waals surface area (Å²) in [5.41, 5.74) is 2.68. The zero-order valence-electron chi connectivity index (χ0n) is 11.9. The minimum Gasteiger partial charge on any atom is -0.477 e. The van der Waals surface area contributed by atoms with E-state index in [1.54, 1.807) is 12.3 Å². The monoisotopic (exact) mass is 263 g/mol. The number of aromatic amines is 1. The third kappa shape index (κ3) is 4.39. The summed E-state index contributed by atoms with van der Waals surface area (Å²) < 4.78 is 0. The molecule has 1 aliphatic rings. The summed E-state index contributed by atoms with van der Waals surface area (Å²) >= 11 is 0. The van der Waals surface area contributed by atoms with Crippen molar-refractivity contribution in [2.45, 2.75) is 40.5 Å². The summed E-state index contributed by atoms with van der Waals surface area (Å²) in [4.78, 5) is 23.9. The second kappa shape index (κ2) is 5.87. The average molecular weight is 263 g/mol. The van der Waals surface area contributed by atoms with Crippen LogP contribution in [0.2, 0.25) is 0 Å². The molecule has 104 valence electrons. The van der Waals surface area contributed by atoms with Crippen molar-refractivity contribution in [3.8, 4) is 0 Å². The van der Waals surface area contributed by atoms with E-state index in [9.17, 15) is 9.59 Å². The third-order valence-corrected chi connectivity index (χ3v) is 3.27. The van der Waals surface area contributed by atoms with Crippen LogP contribution in [-0.4, -0.2) is 21.8 Å². The van der Waals surface area contributed by atoms with Gasteiger partial charge in [0.15, 0.2) is 5.78 Å². The highest BCUT2D eigenvalue weighted by Gasteiger charge is 2.28. The lowest BCUT2D eigenvalue weighted by atomic mass is 9.74. The van der Waals surface area contributed by atoms with Gasteiger partial charge in [-0.25, -0.2) is 4.79 Å². The van der Waals surface area contributed by atoms with Gasteiger partial charge in [-0.2, -0.15) is 0 Å². The second-order valence-corrected chi connectivity index (χ2v) is 5.74. The lowest BCUT2D eigenvalue weighted by molar-refractivity contribution is -0.118. The first-order valence-electron chi connectivity index (χ1n) is 6.29. The molecule has 0 fully saturated rings. The fraction of sp³-hybridized carbons (Fsp3) is 0.467. The first kappa shape index (κ1) is 15.2. The summed E-state index contributed by atoms with van der Waals surface area (Å²) in [5.74, 6) is -0.589. The van der Waals surface area contributed by atoms with Crippen molar-refractivity contribution in [3.63, 3.8) is 0 Å². The number of carboxylic acid groups (broad SMARTS) is 1. The van der Waals surface area contributed by atoms with E-state index in [-0.39, 0.29) is 11.1 Å². The number of hydrogen-bond acceptors (Lipinski definition) is 2. The Morgan fingerprint density at radius 3 is 2.32 bits per heavy atom. The average Bonchev–Trinajstić information content (AvgIpc) is 2.79. The van der Waals surface area contributed by atoms with Gasteiger partial charge in [0, 0.05) is 12.6 Å². The third-order valence-electron chi connectivity index (χ3n) is 3.27. The van der Waals surface area contributed by atoms with Crippen molar-refractivity contribution in [1.82, 2.24) is 4.98 Å². The molecule has 0 atom stereocenters. The van der Waals surface area contributed by atoms with E-state index in [1.165, 1.54) is 11.6 Å². The first-order chi connectivity index (χ1) is 8.73. The molecule has 0 radical (unpaired) electrons. The molecular weight excluding hydrogens is 242 g/mol. The Hall–Kier alpha value is -1.84. The van der Waals surface area contributed by atoms with Crippen LogP contribution in [0.5, 0.6) is 0 Å². The van der Waals surface area contributed by atoms with Crippen LogP contribution in [0.4, 0.5) is 0 Å². The maximum Gasteiger partial charge on any atom is 0.352 e. The Bertz CT molecular complexity index is 495. The van der Waals surface area contributed by atoms with E-state index in [4.69, 9.17) is 5.11 Å². The number of rotatable bonds is 1. The predicted octanol–water partition coefficient (Wildman–Crippen LogP) is 3.42. The Balaban J connectivity index is 0.000000200. The summed E-state index contributed by atoms with van der Waals surface area (Å²) in [5, 5.41) is 8.24. The maximum atomic E-state index is 11.4. The molecule has 0 saturated carbocycles. The normalized spacial score (nSPS) is 17.8. The van der Waals surface area contributed by atoms with Crippen LogP contribution in [0, 0.1) is 5.41 Å². The number of H-pyrrole nitrogens is 1. The molecule has 1 heterocycles. The largest absolute Gasteiger partial charge is 0.477 e. The predicted molar refractivity (Wildman–Crippen MR) is 74.1 cm³/mol. The number of carbonyl (C=O) groups is 2. The number of carboxylic acids is 1. The van der Waals surface area contributed by atoms with Crippen molar-refractivity contribution in [2.75, 3.05) is 0 Å². The number of hydrogen-bond donors (Lipinski definition) is 2. The summed E-state index contributed by atoms with van der Waals surface area (Å²) in [6, 6.07) is 3.14. The quantitative estimate of drug-likeness (QED) is 0.815. The molecule has 1 aliphatic carbocycles. The molecule has 2 rings (SSSR count). The van der Waals surface area contributed by atoms with Gasteiger partial charge in [-0.15, -0.1) is 0 Å². The molecule has 0 unspecified atom stereocenters. The van der Waals surface area contributed by atoms with Crippen molar-refractivity contribution >= 4 is 11.8 Å². The van der Waals surface area contributed by atoms with Gasteiger partial charge in [-0.1, -0.05) is 19.4 Å². The fourth-order valence-corrected chi connectivity index (χ4v) is 2.18. The lowest BCUT2D eigenvalue weighted by Crippen LogP contribution is -2.23. The molecule has 0 saturated heterocycles. The maximum absolute atomic E-state index is 11.4. The van der Waals surface area contributed by atoms with Crippen molar-refractivity contribution in [2.24, 2.45) is 5.41 Å². The Kier molecular flexibility index (Phi) is 4.70. The standard InChI is InChI=1S/C10H16O.C5H5NO2/c1-7-5-10(3,4)6-9(11)8(7)2;7-5(8)4-2-1-3-6-4/h5-6H2,1-4H3;1-3,6H,(H,7,8). The molecule has 1 aromatic rings. The molecular formula is C15H21NO3. The van der Waals surface area contributed by atoms with Crippen LogP contribution in [-0.2, 0) is 4.79 Å². The number of Topliss-reactive ketones (excluding diaryl/α,β-unsaturated/α-hetero) is 1. The Morgan fingerprint density at radius 2 is 1.95 bits per heavy atom. The highest BCUT2D eigenvalue weighted by Crippen LogP contribution is 2.36. The Labute approximate surface area is 113 Å². The highest BCUT2D eigenvalue weighted by atomic mass is 16.4. The number of aromatic nitrogens is 1. The van der Waals surface area contributed by atoms with Gasteiger partial charge in [-0.05, 0) is 43.4 Å². The molecule has 4 nitrogen and oxygen atoms in total. The van der Waals surface area contributed by atoms with E-state index in [1.807, 2.05) is 6.92 Å². The van der Waals surface area contributed by atoms with Gasteiger partial charge in [0.1, 0.15) is 5.69 Å². The SMILES string of the molecule is CC1=C(C)C(=O)CC(C)(C)C1.O=C(O)c1ccc[nH]1. The zero-order chi connectivity index (χ0) is 14.6. The molecule has 0 bridgehead atoms. The van der Waals surface area contributed by atoms with Crippen LogP contribution < -0.4 is 0 Å². The van der Waals surface area contributed by atoms with E-state index in [0.29, 0.717) is 5.78 Å². The van der Waals surface area contributed by atoms with Gasteiger partial charge in [0.25, 0.3) is 0 Å². The van der Waals surface area contributed by atoms with E-state index >= 15 is 0 Å². The van der Waals surface area contributed by atoms with Crippen LogP contribution in [0.1, 0.15) is 51.0 Å². The smallest absolute Gasteiger partial charge is 0.352 e.